The van der Waals surface area contributed by atoms with E-state index in [4.69, 9.17) is 4.74 Å². The van der Waals surface area contributed by atoms with E-state index in [1.165, 1.54) is 23.2 Å². The third-order valence-electron chi connectivity index (χ3n) is 5.29. The predicted molar refractivity (Wildman–Crippen MR) is 123 cm³/mol. The third kappa shape index (κ3) is 4.20. The number of rotatable bonds is 6. The van der Waals surface area contributed by atoms with E-state index in [2.05, 4.69) is 0 Å². The number of para-hydroxylation sites is 1. The highest BCUT2D eigenvalue weighted by Crippen LogP contribution is 2.47. The summed E-state index contributed by atoms with van der Waals surface area (Å²) < 4.78 is 33.6. The summed E-state index contributed by atoms with van der Waals surface area (Å²) in [6.45, 7) is 1.93. The van der Waals surface area contributed by atoms with Crippen molar-refractivity contribution in [2.24, 2.45) is 0 Å². The number of aryl methyl sites for hydroxylation is 2. The number of benzene rings is 3. The van der Waals surface area contributed by atoms with Gasteiger partial charge in [0.05, 0.1) is 28.6 Å². The number of carbonyl (C=O) groups is 1. The molecule has 1 aliphatic rings. The van der Waals surface area contributed by atoms with Crippen LogP contribution < -0.4 is 4.31 Å². The van der Waals surface area contributed by atoms with Crippen molar-refractivity contribution in [2.45, 2.75) is 34.9 Å². The minimum Gasteiger partial charge on any atom is -0.465 e. The van der Waals surface area contributed by atoms with Crippen LogP contribution in [0.2, 0.25) is 0 Å². The van der Waals surface area contributed by atoms with Gasteiger partial charge in [-0.1, -0.05) is 59.8 Å². The van der Waals surface area contributed by atoms with Crippen LogP contribution in [0.15, 0.2) is 82.6 Å². The first-order valence-electron chi connectivity index (χ1n) is 9.95. The lowest BCUT2D eigenvalue weighted by Gasteiger charge is -2.26. The van der Waals surface area contributed by atoms with E-state index in [0.717, 1.165) is 16.0 Å². The molecule has 3 aromatic rings. The van der Waals surface area contributed by atoms with Crippen LogP contribution in [0.25, 0.3) is 0 Å². The Morgan fingerprint density at radius 1 is 1.00 bits per heavy atom. The minimum absolute atomic E-state index is 0.273. The maximum absolute atomic E-state index is 13.6. The number of nitrogens with zero attached hydrogens (tertiary/aromatic N) is 1. The highest BCUT2D eigenvalue weighted by molar-refractivity contribution is 8.02. The molecule has 1 unspecified atom stereocenters. The lowest BCUT2D eigenvalue weighted by atomic mass is 10.0. The second-order valence-corrected chi connectivity index (χ2v) is 10.4. The molecule has 0 amide bonds. The molecule has 0 saturated heterocycles. The number of ether oxygens (including phenoxy) is 1. The summed E-state index contributed by atoms with van der Waals surface area (Å²) in [5, 5.41) is -0.311. The molecule has 5 nitrogen and oxygen atoms in total. The van der Waals surface area contributed by atoms with E-state index >= 15 is 0 Å². The normalized spacial score (nSPS) is 15.5. The quantitative estimate of drug-likeness (QED) is 0.489. The van der Waals surface area contributed by atoms with Crippen molar-refractivity contribution in [2.75, 3.05) is 11.4 Å². The lowest BCUT2D eigenvalue weighted by Crippen LogP contribution is -2.36. The fourth-order valence-electron chi connectivity index (χ4n) is 3.70. The third-order valence-corrected chi connectivity index (χ3v) is 8.58. The summed E-state index contributed by atoms with van der Waals surface area (Å²) in [5.74, 6) is -0.387. The van der Waals surface area contributed by atoms with E-state index in [0.29, 0.717) is 24.1 Å². The first kappa shape index (κ1) is 21.5. The standard InChI is InChI=1S/C24H23NO4S2/c1-17-11-14-19(15-12-17)31(27,28)25-21-9-5-6-10-22(21)30-23(25)16-13-18-7-3-4-8-20(18)24(26)29-2/h3-12,14-15,23H,13,16H2,1-2H3. The number of hydrogen-bond donors (Lipinski definition) is 0. The zero-order valence-electron chi connectivity index (χ0n) is 17.3. The van der Waals surface area contributed by atoms with Gasteiger partial charge in [-0.15, -0.1) is 0 Å². The fourth-order valence-corrected chi connectivity index (χ4v) is 6.95. The number of thioether (sulfide) groups is 1. The average Bonchev–Trinajstić information content (AvgIpc) is 3.17. The molecule has 3 aromatic carbocycles. The van der Waals surface area contributed by atoms with Crippen LogP contribution in [0.3, 0.4) is 0 Å². The van der Waals surface area contributed by atoms with E-state index < -0.39 is 10.0 Å². The van der Waals surface area contributed by atoms with Crippen molar-refractivity contribution in [3.63, 3.8) is 0 Å². The van der Waals surface area contributed by atoms with Gasteiger partial charge in [-0.2, -0.15) is 0 Å². The molecule has 7 heteroatoms. The van der Waals surface area contributed by atoms with Gasteiger partial charge in [-0.25, -0.2) is 13.2 Å². The number of hydrogen-bond acceptors (Lipinski definition) is 5. The highest BCUT2D eigenvalue weighted by atomic mass is 32.2. The molecule has 4 rings (SSSR count). The van der Waals surface area contributed by atoms with Gasteiger partial charge in [0.2, 0.25) is 0 Å². The molecule has 31 heavy (non-hydrogen) atoms. The first-order valence-corrected chi connectivity index (χ1v) is 12.3. The van der Waals surface area contributed by atoms with Crippen LogP contribution in [-0.4, -0.2) is 26.9 Å². The molecule has 0 bridgehead atoms. The Morgan fingerprint density at radius 2 is 1.68 bits per heavy atom. The maximum atomic E-state index is 13.6. The lowest BCUT2D eigenvalue weighted by molar-refractivity contribution is 0.0599. The average molecular weight is 454 g/mol. The van der Waals surface area contributed by atoms with Crippen LogP contribution in [0, 0.1) is 6.92 Å². The molecular formula is C24H23NO4S2. The molecule has 0 fully saturated rings. The summed E-state index contributed by atoms with van der Waals surface area (Å²) >= 11 is 1.54. The number of esters is 1. The molecule has 0 aromatic heterocycles. The Bertz CT molecular complexity index is 1210. The monoisotopic (exact) mass is 453 g/mol. The van der Waals surface area contributed by atoms with E-state index in [-0.39, 0.29) is 16.2 Å². The van der Waals surface area contributed by atoms with Crippen LogP contribution in [0.1, 0.15) is 27.9 Å². The van der Waals surface area contributed by atoms with Gasteiger partial charge in [0.25, 0.3) is 10.0 Å². The molecule has 1 atom stereocenters. The minimum atomic E-state index is -3.73. The van der Waals surface area contributed by atoms with E-state index in [1.807, 2.05) is 55.5 Å². The van der Waals surface area contributed by atoms with Gasteiger partial charge in [-0.05, 0) is 55.7 Å². The Balaban J connectivity index is 1.66. The van der Waals surface area contributed by atoms with E-state index in [1.54, 1.807) is 24.3 Å². The number of anilines is 1. The van der Waals surface area contributed by atoms with Gasteiger partial charge in [0, 0.05) is 4.90 Å². The summed E-state index contributed by atoms with van der Waals surface area (Å²) in [4.78, 5) is 13.3. The van der Waals surface area contributed by atoms with Gasteiger partial charge in [0.1, 0.15) is 0 Å². The molecule has 0 N–H and O–H groups in total. The predicted octanol–water partition coefficient (Wildman–Crippen LogP) is 5.04. The molecule has 0 radical (unpaired) electrons. The number of methoxy groups -OCH3 is 1. The second-order valence-electron chi connectivity index (χ2n) is 7.34. The maximum Gasteiger partial charge on any atom is 0.338 e. The molecular weight excluding hydrogens is 430 g/mol. The summed E-state index contributed by atoms with van der Waals surface area (Å²) in [6, 6.07) is 21.8. The number of sulfonamides is 1. The van der Waals surface area contributed by atoms with Gasteiger partial charge >= 0.3 is 5.97 Å². The van der Waals surface area contributed by atoms with Crippen molar-refractivity contribution < 1.29 is 17.9 Å². The molecule has 1 aliphatic heterocycles. The Hall–Kier alpha value is -2.77. The molecule has 160 valence electrons. The van der Waals surface area contributed by atoms with Gasteiger partial charge in [0.15, 0.2) is 0 Å². The molecule has 0 spiro atoms. The second kappa shape index (κ2) is 8.77. The van der Waals surface area contributed by atoms with Crippen LogP contribution in [0.4, 0.5) is 5.69 Å². The van der Waals surface area contributed by atoms with Crippen LogP contribution >= 0.6 is 11.8 Å². The highest BCUT2D eigenvalue weighted by Gasteiger charge is 2.38. The summed E-state index contributed by atoms with van der Waals surface area (Å²) in [7, 11) is -2.37. The van der Waals surface area contributed by atoms with E-state index in [9.17, 15) is 13.2 Å². The van der Waals surface area contributed by atoms with Gasteiger partial charge in [-0.3, -0.25) is 4.31 Å². The summed E-state index contributed by atoms with van der Waals surface area (Å²) in [5.41, 5.74) is 3.06. The van der Waals surface area contributed by atoms with Crippen molar-refractivity contribution in [1.82, 2.24) is 0 Å². The molecule has 0 aliphatic carbocycles. The van der Waals surface area contributed by atoms with Crippen molar-refractivity contribution in [3.05, 3.63) is 89.5 Å². The van der Waals surface area contributed by atoms with Crippen molar-refractivity contribution >= 4 is 33.4 Å². The van der Waals surface area contributed by atoms with Gasteiger partial charge < -0.3 is 4.74 Å². The first-order chi connectivity index (χ1) is 14.9. The SMILES string of the molecule is COC(=O)c1ccccc1CCC1Sc2ccccc2N1S(=O)(=O)c1ccc(C)cc1. The Labute approximate surface area is 187 Å². The topological polar surface area (TPSA) is 63.7 Å². The zero-order valence-corrected chi connectivity index (χ0v) is 18.9. The summed E-state index contributed by atoms with van der Waals surface area (Å²) in [6.07, 6.45) is 1.11. The Morgan fingerprint density at radius 3 is 2.42 bits per heavy atom. The molecule has 0 saturated carbocycles. The largest absolute Gasteiger partial charge is 0.465 e. The number of fused-ring (bicyclic) bond motifs is 1. The van der Waals surface area contributed by atoms with Crippen LogP contribution in [-0.2, 0) is 21.2 Å². The Kier molecular flexibility index (Phi) is 6.07. The van der Waals surface area contributed by atoms with Crippen LogP contribution in [0.5, 0.6) is 0 Å². The van der Waals surface area contributed by atoms with Crippen molar-refractivity contribution in [3.8, 4) is 0 Å². The number of carbonyl (C=O) groups excluding carboxylic acids is 1. The van der Waals surface area contributed by atoms with Crippen molar-refractivity contribution in [1.29, 1.82) is 0 Å². The zero-order chi connectivity index (χ0) is 22.0. The smallest absolute Gasteiger partial charge is 0.338 e. The fraction of sp³-hybridized carbons (Fsp3) is 0.208. The molecule has 1 heterocycles.